The van der Waals surface area contributed by atoms with Gasteiger partial charge in [-0.25, -0.2) is 18.0 Å². The van der Waals surface area contributed by atoms with Crippen LogP contribution in [-0.2, 0) is 31.4 Å². The monoisotopic (exact) mass is 907 g/mol. The van der Waals surface area contributed by atoms with Gasteiger partial charge in [0.25, 0.3) is 5.56 Å². The highest BCUT2D eigenvalue weighted by molar-refractivity contribution is 8.06. The molecule has 0 radical (unpaired) electrons. The minimum absolute atomic E-state index is 0.131. The van der Waals surface area contributed by atoms with Gasteiger partial charge in [0, 0.05) is 18.2 Å². The average molecular weight is 908 g/mol. The van der Waals surface area contributed by atoms with Gasteiger partial charge in [-0.2, -0.15) is 8.78 Å². The molecule has 1 fully saturated rings. The third-order valence-corrected chi connectivity index (χ3v) is 11.8. The summed E-state index contributed by atoms with van der Waals surface area (Å²) in [5.41, 5.74) is -0.999. The maximum atomic E-state index is 14.6. The van der Waals surface area contributed by atoms with Gasteiger partial charge < -0.3 is 37.8 Å². The lowest BCUT2D eigenvalue weighted by Gasteiger charge is -2.38. The molecule has 0 bridgehead atoms. The summed E-state index contributed by atoms with van der Waals surface area (Å²) < 4.78 is 106. The van der Waals surface area contributed by atoms with E-state index >= 15 is 0 Å². The van der Waals surface area contributed by atoms with Crippen LogP contribution in [0.15, 0.2) is 94.6 Å². The van der Waals surface area contributed by atoms with Crippen LogP contribution in [0.5, 0.6) is 17.2 Å². The van der Waals surface area contributed by atoms with Gasteiger partial charge >= 0.3 is 5.69 Å². The predicted octanol–water partition coefficient (Wildman–Crippen LogP) is 5.83. The van der Waals surface area contributed by atoms with Crippen LogP contribution in [0.25, 0.3) is 0 Å². The summed E-state index contributed by atoms with van der Waals surface area (Å²) in [6.07, 6.45) is -3.13. The van der Waals surface area contributed by atoms with Crippen molar-refractivity contribution < 1.29 is 59.7 Å². The number of aromatic nitrogens is 2. The van der Waals surface area contributed by atoms with Gasteiger partial charge in [-0.05, 0) is 80.5 Å². The Morgan fingerprint density at radius 2 is 1.29 bits per heavy atom. The first kappa shape index (κ1) is 48.1. The van der Waals surface area contributed by atoms with E-state index < -0.39 is 83.4 Å². The van der Waals surface area contributed by atoms with E-state index in [-0.39, 0.29) is 12.0 Å². The lowest BCUT2D eigenvalue weighted by molar-refractivity contribution is -0.894. The van der Waals surface area contributed by atoms with Crippen molar-refractivity contribution in [2.75, 3.05) is 40.5 Å². The largest absolute Gasteiger partial charge is 0.770 e. The van der Waals surface area contributed by atoms with Crippen molar-refractivity contribution in [1.29, 1.82) is 0 Å². The first-order chi connectivity index (χ1) is 29.5. The molecule has 1 aliphatic heterocycles. The minimum atomic E-state index is -5.17. The number of halogens is 5. The van der Waals surface area contributed by atoms with Crippen molar-refractivity contribution in [3.8, 4) is 17.2 Å². The normalized spacial score (nSPS) is 17.3. The second-order valence-electron chi connectivity index (χ2n) is 14.1. The first-order valence-corrected chi connectivity index (χ1v) is 22.1. The summed E-state index contributed by atoms with van der Waals surface area (Å²) in [6.45, 7) is 6.32. The van der Waals surface area contributed by atoms with Crippen LogP contribution in [0.1, 0.15) is 55.7 Å². The summed E-state index contributed by atoms with van der Waals surface area (Å²) in [7, 11) is 3.02. The number of benzene rings is 4. The van der Waals surface area contributed by atoms with E-state index in [1.54, 1.807) is 71.6 Å². The van der Waals surface area contributed by atoms with Crippen molar-refractivity contribution >= 4 is 18.5 Å². The maximum Gasteiger partial charge on any atom is 0.330 e. The molecule has 4 aromatic carbocycles. The zero-order valence-corrected chi connectivity index (χ0v) is 36.4. The Hall–Kier alpha value is -4.94. The number of methoxy groups -OCH3 is 2. The zero-order chi connectivity index (χ0) is 45.4. The summed E-state index contributed by atoms with van der Waals surface area (Å²) in [5, 5.41) is 0. The van der Waals surface area contributed by atoms with Crippen LogP contribution in [0.2, 0.25) is 0 Å². The van der Waals surface area contributed by atoms with Crippen LogP contribution < -0.4 is 35.0 Å². The summed E-state index contributed by atoms with van der Waals surface area (Å²) >= 11 is 4.91. The van der Waals surface area contributed by atoms with Crippen LogP contribution in [0.3, 0.4) is 0 Å². The van der Waals surface area contributed by atoms with Crippen molar-refractivity contribution in [3.63, 3.8) is 0 Å². The van der Waals surface area contributed by atoms with E-state index in [0.717, 1.165) is 4.57 Å². The van der Waals surface area contributed by atoms with Crippen molar-refractivity contribution in [2.45, 2.75) is 58.2 Å². The van der Waals surface area contributed by atoms with Crippen LogP contribution in [0, 0.1) is 36.0 Å². The molecule has 5 aromatic rings. The number of aryl methyl sites for hydroxylation is 1. The average Bonchev–Trinajstić information content (AvgIpc) is 3.67. The van der Waals surface area contributed by atoms with Crippen LogP contribution in [0.4, 0.5) is 22.0 Å². The molecule has 12 nitrogen and oxygen atoms in total. The number of rotatable bonds is 16. The van der Waals surface area contributed by atoms with E-state index in [1.807, 2.05) is 12.1 Å². The molecule has 1 aliphatic rings. The molecule has 0 spiro atoms. The van der Waals surface area contributed by atoms with Gasteiger partial charge in [-0.15, -0.1) is 0 Å². The summed E-state index contributed by atoms with van der Waals surface area (Å²) in [5.74, 6) is -12.8. The fourth-order valence-corrected chi connectivity index (χ4v) is 8.46. The summed E-state index contributed by atoms with van der Waals surface area (Å²) in [6, 6.07) is 23.0. The zero-order valence-electron chi connectivity index (χ0n) is 34.7. The van der Waals surface area contributed by atoms with Gasteiger partial charge in [0.05, 0.1) is 46.6 Å². The highest BCUT2D eigenvalue weighted by atomic mass is 32.5. The fraction of sp³-hybridized carbons (Fsp3) is 0.349. The van der Waals surface area contributed by atoms with E-state index in [4.69, 9.17) is 39.8 Å². The molecule has 1 saturated heterocycles. The molecule has 2 heterocycles. The summed E-state index contributed by atoms with van der Waals surface area (Å²) in [4.78, 5) is 42.4. The van der Waals surface area contributed by atoms with E-state index in [2.05, 4.69) is 25.8 Å². The molecule has 6 rings (SSSR count). The molecule has 4 atom stereocenters. The standard InChI is InChI=1S/C37H32F5N2O9PS.C6H15N/c1-20-18-44(36(46)43-35(20)45)28-17-26(52-54(47,55)53-34-32(41)30(39)29(38)31(40)33(34)42)27(51-28)19-50-37(21-7-5-4-6-8-21,22-9-13-24(48-2)14-10-22)23-11-15-25(49-3)16-12-23;1-4-7(5-2)6-3/h4-16,18,26-28H,17,19H2,1-3H3,(H,47,55)(H,43,45,46);4-6H2,1-3H3/t26-,27+,28+,54?;/m0./s1. The van der Waals surface area contributed by atoms with E-state index in [9.17, 15) is 36.4 Å². The molecule has 1 aromatic heterocycles. The maximum absolute atomic E-state index is 14.6. The molecule has 2 N–H and O–H groups in total. The minimum Gasteiger partial charge on any atom is -0.770 e. The Morgan fingerprint density at radius 1 is 0.806 bits per heavy atom. The van der Waals surface area contributed by atoms with Crippen LogP contribution in [-0.4, -0.2) is 62.2 Å². The molecule has 0 aliphatic carbocycles. The molecule has 62 heavy (non-hydrogen) atoms. The van der Waals surface area contributed by atoms with Gasteiger partial charge in [0.1, 0.15) is 29.4 Å². The molecule has 1 unspecified atom stereocenters. The topological polar surface area (TPSA) is 138 Å². The number of quaternary nitrogens is 1. The molecule has 19 heteroatoms. The third-order valence-electron chi connectivity index (χ3n) is 10.4. The fourth-order valence-electron chi connectivity index (χ4n) is 6.93. The lowest BCUT2D eigenvalue weighted by atomic mass is 9.80. The quantitative estimate of drug-likeness (QED) is 0.0409. The second kappa shape index (κ2) is 21.0. The lowest BCUT2D eigenvalue weighted by Crippen LogP contribution is -3.11. The van der Waals surface area contributed by atoms with Crippen molar-refractivity contribution in [1.82, 2.24) is 9.55 Å². The number of ether oxygens (including phenoxy) is 4. The Labute approximate surface area is 360 Å². The number of hydrogen-bond donors (Lipinski definition) is 2. The first-order valence-electron chi connectivity index (χ1n) is 19.5. The smallest absolute Gasteiger partial charge is 0.330 e. The highest BCUT2D eigenvalue weighted by Gasteiger charge is 2.44. The van der Waals surface area contributed by atoms with Crippen molar-refractivity contribution in [3.05, 3.63) is 157 Å². The van der Waals surface area contributed by atoms with E-state index in [1.165, 1.54) is 47.0 Å². The number of nitrogens with zero attached hydrogens (tertiary/aromatic N) is 1. The molecular weight excluding hydrogens is 861 g/mol. The van der Waals surface area contributed by atoms with Crippen molar-refractivity contribution in [2.24, 2.45) is 0 Å². The van der Waals surface area contributed by atoms with Gasteiger partial charge in [-0.3, -0.25) is 14.3 Å². The highest BCUT2D eigenvalue weighted by Crippen LogP contribution is 2.49. The van der Waals surface area contributed by atoms with Crippen LogP contribution >= 0.6 is 6.72 Å². The number of hydrogen-bond acceptors (Lipinski definition) is 10. The van der Waals surface area contributed by atoms with E-state index in [0.29, 0.717) is 28.2 Å². The molecule has 0 saturated carbocycles. The molecule has 334 valence electrons. The predicted molar refractivity (Wildman–Crippen MR) is 221 cm³/mol. The Kier molecular flexibility index (Phi) is 16.3. The number of H-pyrrole nitrogens is 1. The van der Waals surface area contributed by atoms with Gasteiger partial charge in [-0.1, -0.05) is 54.6 Å². The Bertz CT molecular complexity index is 2380. The molecular formula is C43H47F5N3O9PS. The SMILES string of the molecule is CC[NH+](CC)CC.COc1ccc(C(OC[C@H]2O[C@@H](n3cc(C)c(=O)[nH]c3=O)C[C@@H]2OP([O-])(=S)Oc2c(F)c(F)c(F)c(F)c2F)(c2ccccc2)c2ccc(OC)cc2)cc1. The number of aromatic amines is 1. The number of nitrogens with one attached hydrogen (secondary N) is 2. The van der Waals surface area contributed by atoms with Gasteiger partial charge in [0.15, 0.2) is 6.72 Å². The Morgan fingerprint density at radius 3 is 1.76 bits per heavy atom. The molecule has 0 amide bonds. The second-order valence-corrected chi connectivity index (χ2v) is 16.7. The van der Waals surface area contributed by atoms with Gasteiger partial charge in [0.2, 0.25) is 34.8 Å². The Balaban J connectivity index is 0.000000955. The third kappa shape index (κ3) is 10.6.